The van der Waals surface area contributed by atoms with Gasteiger partial charge in [-0.15, -0.1) is 0 Å². The molecule has 0 atom stereocenters. The van der Waals surface area contributed by atoms with Crippen LogP contribution in [-0.2, 0) is 12.7 Å². The molecule has 0 N–H and O–H groups in total. The zero-order valence-electron chi connectivity index (χ0n) is 21.0. The number of nitrogens with zero attached hydrogens (tertiary/aromatic N) is 5. The summed E-state index contributed by atoms with van der Waals surface area (Å²) in [6, 6.07) is 16.1. The average Bonchev–Trinajstić information content (AvgIpc) is 3.29. The summed E-state index contributed by atoms with van der Waals surface area (Å²) in [5.41, 5.74) is 4.16. The van der Waals surface area contributed by atoms with Gasteiger partial charge in [-0.3, -0.25) is 9.69 Å². The van der Waals surface area contributed by atoms with Crippen molar-refractivity contribution in [2.75, 3.05) is 26.2 Å². The molecule has 0 aliphatic carbocycles. The lowest BCUT2D eigenvalue weighted by Gasteiger charge is -2.34. The Morgan fingerprint density at radius 2 is 1.68 bits per heavy atom. The number of benzene rings is 2. The van der Waals surface area contributed by atoms with Gasteiger partial charge in [0, 0.05) is 44.4 Å². The van der Waals surface area contributed by atoms with Crippen LogP contribution in [0.2, 0.25) is 0 Å². The highest BCUT2D eigenvalue weighted by molar-refractivity contribution is 5.93. The van der Waals surface area contributed by atoms with Gasteiger partial charge in [0.05, 0.1) is 5.69 Å². The molecule has 2 aromatic carbocycles. The SMILES string of the molecule is Cc1cccc(CN2CCN(C(=O)c3cc4nc(-c5ccc(C)c(C)c5)cc(C(F)(F)F)n4n3)CC2)c1. The van der Waals surface area contributed by atoms with E-state index in [1.54, 1.807) is 11.0 Å². The largest absolute Gasteiger partial charge is 0.433 e. The fourth-order valence-electron chi connectivity index (χ4n) is 4.67. The Kier molecular flexibility index (Phi) is 6.49. The van der Waals surface area contributed by atoms with Gasteiger partial charge in [-0.1, -0.05) is 42.0 Å². The molecule has 1 saturated heterocycles. The molecule has 3 heterocycles. The quantitative estimate of drug-likeness (QED) is 0.376. The van der Waals surface area contributed by atoms with E-state index in [9.17, 15) is 18.0 Å². The van der Waals surface area contributed by atoms with E-state index in [1.165, 1.54) is 17.2 Å². The number of hydrogen-bond donors (Lipinski definition) is 0. The zero-order valence-corrected chi connectivity index (χ0v) is 21.0. The highest BCUT2D eigenvalue weighted by atomic mass is 19.4. The predicted molar refractivity (Wildman–Crippen MR) is 135 cm³/mol. The van der Waals surface area contributed by atoms with Crippen molar-refractivity contribution in [3.05, 3.63) is 88.2 Å². The van der Waals surface area contributed by atoms with Crippen LogP contribution in [0.3, 0.4) is 0 Å². The van der Waals surface area contributed by atoms with Gasteiger partial charge < -0.3 is 4.90 Å². The first-order valence-corrected chi connectivity index (χ1v) is 12.2. The first-order valence-electron chi connectivity index (χ1n) is 12.2. The van der Waals surface area contributed by atoms with Crippen LogP contribution in [0.25, 0.3) is 16.9 Å². The minimum absolute atomic E-state index is 0.00973. The Labute approximate surface area is 213 Å². The molecule has 1 fully saturated rings. The van der Waals surface area contributed by atoms with Crippen molar-refractivity contribution in [1.29, 1.82) is 0 Å². The number of carbonyl (C=O) groups excluding carboxylic acids is 1. The van der Waals surface area contributed by atoms with Crippen LogP contribution in [0.1, 0.15) is 38.4 Å². The van der Waals surface area contributed by atoms with E-state index < -0.39 is 11.9 Å². The van der Waals surface area contributed by atoms with Gasteiger partial charge in [0.25, 0.3) is 5.91 Å². The molecule has 1 amide bonds. The number of piperazine rings is 1. The maximum atomic E-state index is 14.0. The number of aryl methyl sites for hydroxylation is 3. The zero-order chi connectivity index (χ0) is 26.3. The number of aromatic nitrogens is 3. The third-order valence-electron chi connectivity index (χ3n) is 6.89. The van der Waals surface area contributed by atoms with Crippen molar-refractivity contribution in [2.24, 2.45) is 0 Å². The molecule has 2 aromatic heterocycles. The summed E-state index contributed by atoms with van der Waals surface area (Å²) < 4.78 is 42.7. The Hall–Kier alpha value is -3.72. The van der Waals surface area contributed by atoms with E-state index in [1.807, 2.05) is 32.0 Å². The van der Waals surface area contributed by atoms with Gasteiger partial charge in [0.1, 0.15) is 0 Å². The second-order valence-electron chi connectivity index (χ2n) is 9.68. The van der Waals surface area contributed by atoms with Crippen LogP contribution in [0, 0.1) is 20.8 Å². The molecular weight excluding hydrogens is 479 g/mol. The highest BCUT2D eigenvalue weighted by Gasteiger charge is 2.36. The Balaban J connectivity index is 1.38. The van der Waals surface area contributed by atoms with Crippen molar-refractivity contribution in [3.8, 4) is 11.3 Å². The van der Waals surface area contributed by atoms with E-state index >= 15 is 0 Å². The number of fused-ring (bicyclic) bond motifs is 1. The third kappa shape index (κ3) is 5.22. The van der Waals surface area contributed by atoms with Gasteiger partial charge in [0.2, 0.25) is 0 Å². The van der Waals surface area contributed by atoms with Crippen molar-refractivity contribution in [1.82, 2.24) is 24.4 Å². The lowest BCUT2D eigenvalue weighted by Crippen LogP contribution is -2.48. The number of rotatable bonds is 4. The summed E-state index contributed by atoms with van der Waals surface area (Å²) in [5.74, 6) is -0.387. The maximum absolute atomic E-state index is 14.0. The van der Waals surface area contributed by atoms with Crippen molar-refractivity contribution < 1.29 is 18.0 Å². The van der Waals surface area contributed by atoms with Gasteiger partial charge in [-0.05, 0) is 49.6 Å². The second kappa shape index (κ2) is 9.63. The first-order chi connectivity index (χ1) is 17.6. The summed E-state index contributed by atoms with van der Waals surface area (Å²) in [5, 5.41) is 4.05. The van der Waals surface area contributed by atoms with Crippen LogP contribution in [0.4, 0.5) is 13.2 Å². The molecule has 0 spiro atoms. The van der Waals surface area contributed by atoms with E-state index in [0.29, 0.717) is 31.7 Å². The molecule has 5 rings (SSSR count). The fourth-order valence-corrected chi connectivity index (χ4v) is 4.67. The lowest BCUT2D eigenvalue weighted by atomic mass is 10.0. The maximum Gasteiger partial charge on any atom is 0.433 e. The van der Waals surface area contributed by atoms with Crippen LogP contribution >= 0.6 is 0 Å². The van der Waals surface area contributed by atoms with Crippen LogP contribution in [0.15, 0.2) is 54.6 Å². The summed E-state index contributed by atoms with van der Waals surface area (Å²) >= 11 is 0. The third-order valence-corrected chi connectivity index (χ3v) is 6.89. The van der Waals surface area contributed by atoms with Gasteiger partial charge in [-0.2, -0.15) is 18.3 Å². The molecule has 9 heteroatoms. The number of carbonyl (C=O) groups is 1. The normalized spacial score (nSPS) is 14.9. The molecule has 0 radical (unpaired) electrons. The van der Waals surface area contributed by atoms with E-state index in [-0.39, 0.29) is 22.9 Å². The summed E-state index contributed by atoms with van der Waals surface area (Å²) in [7, 11) is 0. The molecule has 0 unspecified atom stereocenters. The van der Waals surface area contributed by atoms with E-state index in [2.05, 4.69) is 40.1 Å². The standard InChI is InChI=1S/C28H28F3N5O/c1-18-5-4-6-21(13-18)17-34-9-11-35(12-10-34)27(37)24-16-26-32-23(22-8-7-19(2)20(3)14-22)15-25(28(29,30)31)36(26)33-24/h4-8,13-16H,9-12,17H2,1-3H3. The van der Waals surface area contributed by atoms with E-state index in [0.717, 1.165) is 28.3 Å². The topological polar surface area (TPSA) is 53.7 Å². The lowest BCUT2D eigenvalue weighted by molar-refractivity contribution is -0.142. The highest BCUT2D eigenvalue weighted by Crippen LogP contribution is 2.33. The average molecular weight is 508 g/mol. The molecule has 0 bridgehead atoms. The number of halogens is 3. The van der Waals surface area contributed by atoms with Crippen LogP contribution in [-0.4, -0.2) is 56.5 Å². The molecule has 1 aliphatic heterocycles. The first kappa shape index (κ1) is 25.0. The fraction of sp³-hybridized carbons (Fsp3) is 0.321. The van der Waals surface area contributed by atoms with Crippen LogP contribution < -0.4 is 0 Å². The second-order valence-corrected chi connectivity index (χ2v) is 9.68. The molecular formula is C28H28F3N5O. The molecule has 1 aliphatic rings. The molecule has 0 saturated carbocycles. The van der Waals surface area contributed by atoms with E-state index in [4.69, 9.17) is 0 Å². The number of amides is 1. The molecule has 37 heavy (non-hydrogen) atoms. The monoisotopic (exact) mass is 507 g/mol. The Morgan fingerprint density at radius 1 is 0.919 bits per heavy atom. The minimum Gasteiger partial charge on any atom is -0.335 e. The molecule has 6 nitrogen and oxygen atoms in total. The van der Waals surface area contributed by atoms with Gasteiger partial charge >= 0.3 is 6.18 Å². The predicted octanol–water partition coefficient (Wildman–Crippen LogP) is 5.30. The smallest absolute Gasteiger partial charge is 0.335 e. The van der Waals surface area contributed by atoms with Crippen molar-refractivity contribution in [3.63, 3.8) is 0 Å². The summed E-state index contributed by atoms with van der Waals surface area (Å²) in [6.07, 6.45) is -4.66. The Morgan fingerprint density at radius 3 is 2.35 bits per heavy atom. The van der Waals surface area contributed by atoms with Gasteiger partial charge in [-0.25, -0.2) is 9.50 Å². The van der Waals surface area contributed by atoms with Crippen molar-refractivity contribution in [2.45, 2.75) is 33.5 Å². The van der Waals surface area contributed by atoms with Gasteiger partial charge in [0.15, 0.2) is 17.0 Å². The number of hydrogen-bond acceptors (Lipinski definition) is 4. The van der Waals surface area contributed by atoms with Crippen molar-refractivity contribution >= 4 is 11.6 Å². The molecule has 192 valence electrons. The minimum atomic E-state index is -4.66. The molecule has 4 aromatic rings. The Bertz CT molecular complexity index is 1470. The number of alkyl halides is 3. The summed E-state index contributed by atoms with van der Waals surface area (Å²) in [4.78, 5) is 21.5. The summed E-state index contributed by atoms with van der Waals surface area (Å²) in [6.45, 7) is 8.99. The van der Waals surface area contributed by atoms with Crippen LogP contribution in [0.5, 0.6) is 0 Å².